The van der Waals surface area contributed by atoms with E-state index in [2.05, 4.69) is 31.3 Å². The van der Waals surface area contributed by atoms with E-state index < -0.39 is 18.2 Å². The summed E-state index contributed by atoms with van der Waals surface area (Å²) in [5, 5.41) is 33.6. The maximum absolute atomic E-state index is 12.6. The second-order valence-corrected chi connectivity index (χ2v) is 23.4. The predicted octanol–water partition coefficient (Wildman–Crippen LogP) is 21.6. The Morgan fingerprint density at radius 2 is 0.575 bits per heavy atom. The molecule has 1 amide bonds. The number of aliphatic hydroxyl groups excluding tert-OH is 3. The summed E-state index contributed by atoms with van der Waals surface area (Å²) >= 11 is 0. The standard InChI is InChI=1S/C68H133NO4/c1-3-5-7-9-11-13-15-17-19-21-23-25-26-27-28-29-30-31-32-33-34-35-36-37-38-39-40-42-43-45-47-49-51-53-55-57-59-61-65(71)63-68(73)69-66(64-70)67(72)62-60-58-56-54-52-50-48-46-44-41-24-22-20-18-16-14-12-10-8-6-4-2/h33-34,60,62,65-67,70-72H,3-32,35-59,61,63-64H2,1-2H3,(H,69,73)/b34-33-,62-60+. The molecule has 5 nitrogen and oxygen atoms in total. The van der Waals surface area contributed by atoms with Gasteiger partial charge in [-0.1, -0.05) is 353 Å². The molecule has 434 valence electrons. The Hall–Kier alpha value is -1.17. The maximum atomic E-state index is 12.6. The van der Waals surface area contributed by atoms with Crippen molar-refractivity contribution in [2.45, 2.75) is 398 Å². The first-order valence-electron chi connectivity index (χ1n) is 33.6. The van der Waals surface area contributed by atoms with E-state index in [0.717, 1.165) is 25.7 Å². The molecule has 3 atom stereocenters. The molecule has 0 aromatic rings. The molecule has 0 rings (SSSR count). The third-order valence-corrected chi connectivity index (χ3v) is 16.0. The van der Waals surface area contributed by atoms with Crippen molar-refractivity contribution in [2.75, 3.05) is 6.61 Å². The lowest BCUT2D eigenvalue weighted by Gasteiger charge is -2.21. The molecule has 0 spiro atoms. The molecule has 0 aliphatic rings. The highest BCUT2D eigenvalue weighted by molar-refractivity contribution is 5.76. The molecular formula is C68H133NO4. The van der Waals surface area contributed by atoms with Crippen molar-refractivity contribution in [3.8, 4) is 0 Å². The van der Waals surface area contributed by atoms with E-state index in [1.807, 2.05) is 6.08 Å². The first-order chi connectivity index (χ1) is 36.0. The van der Waals surface area contributed by atoms with Crippen LogP contribution in [0.4, 0.5) is 0 Å². The molecule has 0 fully saturated rings. The minimum Gasteiger partial charge on any atom is -0.394 e. The molecule has 5 heteroatoms. The largest absolute Gasteiger partial charge is 0.394 e. The smallest absolute Gasteiger partial charge is 0.222 e. The average molecular weight is 1030 g/mol. The Morgan fingerprint density at radius 1 is 0.342 bits per heavy atom. The molecule has 0 aromatic carbocycles. The van der Waals surface area contributed by atoms with Crippen LogP contribution in [-0.2, 0) is 4.79 Å². The number of rotatable bonds is 63. The molecule has 0 bridgehead atoms. The summed E-state index contributed by atoms with van der Waals surface area (Å²) in [6.45, 7) is 4.26. The first kappa shape index (κ1) is 71.8. The fourth-order valence-corrected chi connectivity index (χ4v) is 10.9. The second kappa shape index (κ2) is 63.4. The van der Waals surface area contributed by atoms with Crippen molar-refractivity contribution < 1.29 is 20.1 Å². The molecular weight excluding hydrogens is 895 g/mol. The van der Waals surface area contributed by atoms with Crippen LogP contribution in [-0.4, -0.2) is 46.1 Å². The molecule has 73 heavy (non-hydrogen) atoms. The van der Waals surface area contributed by atoms with Gasteiger partial charge < -0.3 is 20.6 Å². The Labute approximate surface area is 458 Å². The highest BCUT2D eigenvalue weighted by Gasteiger charge is 2.20. The molecule has 0 saturated heterocycles. The van der Waals surface area contributed by atoms with E-state index in [4.69, 9.17) is 0 Å². The molecule has 0 aliphatic carbocycles. The van der Waals surface area contributed by atoms with Gasteiger partial charge in [0.2, 0.25) is 5.91 Å². The van der Waals surface area contributed by atoms with Gasteiger partial charge in [-0.15, -0.1) is 0 Å². The molecule has 0 heterocycles. The normalized spacial score (nSPS) is 13.2. The number of amides is 1. The van der Waals surface area contributed by atoms with Crippen LogP contribution in [0.1, 0.15) is 380 Å². The van der Waals surface area contributed by atoms with Gasteiger partial charge in [-0.05, 0) is 44.9 Å². The van der Waals surface area contributed by atoms with Crippen molar-refractivity contribution >= 4 is 5.91 Å². The van der Waals surface area contributed by atoms with Crippen LogP contribution in [0.25, 0.3) is 0 Å². The monoisotopic (exact) mass is 1030 g/mol. The van der Waals surface area contributed by atoms with E-state index in [0.29, 0.717) is 6.42 Å². The van der Waals surface area contributed by atoms with Gasteiger partial charge in [0, 0.05) is 0 Å². The van der Waals surface area contributed by atoms with Gasteiger partial charge in [-0.25, -0.2) is 0 Å². The molecule has 4 N–H and O–H groups in total. The Bertz CT molecular complexity index is 1090. The highest BCUT2D eigenvalue weighted by atomic mass is 16.3. The zero-order valence-corrected chi connectivity index (χ0v) is 49.8. The van der Waals surface area contributed by atoms with E-state index in [1.165, 1.54) is 327 Å². The lowest BCUT2D eigenvalue weighted by molar-refractivity contribution is -0.124. The van der Waals surface area contributed by atoms with E-state index >= 15 is 0 Å². The summed E-state index contributed by atoms with van der Waals surface area (Å²) in [5.41, 5.74) is 0. The van der Waals surface area contributed by atoms with E-state index in [1.54, 1.807) is 6.08 Å². The fraction of sp³-hybridized carbons (Fsp3) is 0.926. The number of carbonyl (C=O) groups excluding carboxylic acids is 1. The van der Waals surface area contributed by atoms with Crippen LogP contribution in [0, 0.1) is 0 Å². The minimum atomic E-state index is -0.929. The van der Waals surface area contributed by atoms with Gasteiger partial charge in [0.15, 0.2) is 0 Å². The molecule has 0 aromatic heterocycles. The number of carbonyl (C=O) groups is 1. The first-order valence-corrected chi connectivity index (χ1v) is 33.6. The van der Waals surface area contributed by atoms with Crippen molar-refractivity contribution in [3.05, 3.63) is 24.3 Å². The Kier molecular flexibility index (Phi) is 62.3. The number of allylic oxidation sites excluding steroid dienone is 3. The van der Waals surface area contributed by atoms with Gasteiger partial charge in [0.05, 0.1) is 31.3 Å². The zero-order chi connectivity index (χ0) is 52.9. The number of hydrogen-bond donors (Lipinski definition) is 4. The van der Waals surface area contributed by atoms with Gasteiger partial charge in [0.25, 0.3) is 0 Å². The molecule has 0 aliphatic heterocycles. The van der Waals surface area contributed by atoms with Crippen LogP contribution in [0.2, 0.25) is 0 Å². The van der Waals surface area contributed by atoms with Crippen molar-refractivity contribution in [2.24, 2.45) is 0 Å². The van der Waals surface area contributed by atoms with Crippen molar-refractivity contribution in [1.82, 2.24) is 5.32 Å². The van der Waals surface area contributed by atoms with E-state index in [9.17, 15) is 20.1 Å². The van der Waals surface area contributed by atoms with Gasteiger partial charge in [0.1, 0.15) is 0 Å². The van der Waals surface area contributed by atoms with Crippen molar-refractivity contribution in [3.63, 3.8) is 0 Å². The summed E-state index contributed by atoms with van der Waals surface area (Å²) in [6, 6.07) is -0.744. The molecule has 0 radical (unpaired) electrons. The fourth-order valence-electron chi connectivity index (χ4n) is 10.9. The number of unbranched alkanes of at least 4 members (excludes halogenated alkanes) is 52. The Morgan fingerprint density at radius 3 is 0.836 bits per heavy atom. The van der Waals surface area contributed by atoms with Crippen LogP contribution in [0.5, 0.6) is 0 Å². The summed E-state index contributed by atoms with van der Waals surface area (Å²) in [6.07, 6.45) is 82.8. The quantitative estimate of drug-likeness (QED) is 0.0361. The SMILES string of the molecule is CCCCCCCCCCCCCCCCCCCC/C=C\CCCCCCCCCCCCCCCCCC(O)CC(=O)NC(CO)C(O)/C=C/CCCCCCCCCCCCCCCCCCCCC. The number of hydrogen-bond acceptors (Lipinski definition) is 4. The minimum absolute atomic E-state index is 0.0174. The van der Waals surface area contributed by atoms with Gasteiger partial charge in [-0.3, -0.25) is 4.79 Å². The summed E-state index contributed by atoms with van der Waals surface area (Å²) in [5.74, 6) is -0.308. The molecule has 0 saturated carbocycles. The number of aliphatic hydroxyl groups is 3. The second-order valence-electron chi connectivity index (χ2n) is 23.4. The summed E-state index contributed by atoms with van der Waals surface area (Å²) in [4.78, 5) is 12.6. The molecule has 3 unspecified atom stereocenters. The third kappa shape index (κ3) is 59.9. The topological polar surface area (TPSA) is 89.8 Å². The summed E-state index contributed by atoms with van der Waals surface area (Å²) < 4.78 is 0. The lowest BCUT2D eigenvalue weighted by Crippen LogP contribution is -2.45. The third-order valence-electron chi connectivity index (χ3n) is 16.0. The highest BCUT2D eigenvalue weighted by Crippen LogP contribution is 2.19. The zero-order valence-electron chi connectivity index (χ0n) is 49.8. The van der Waals surface area contributed by atoms with Gasteiger partial charge in [-0.2, -0.15) is 0 Å². The lowest BCUT2D eigenvalue weighted by atomic mass is 10.0. The predicted molar refractivity (Wildman–Crippen MR) is 324 cm³/mol. The van der Waals surface area contributed by atoms with Crippen LogP contribution in [0.15, 0.2) is 24.3 Å². The number of nitrogens with one attached hydrogen (secondary N) is 1. The van der Waals surface area contributed by atoms with Crippen LogP contribution in [0.3, 0.4) is 0 Å². The van der Waals surface area contributed by atoms with Gasteiger partial charge >= 0.3 is 0 Å². The van der Waals surface area contributed by atoms with Crippen LogP contribution < -0.4 is 5.32 Å². The van der Waals surface area contributed by atoms with Crippen molar-refractivity contribution in [1.29, 1.82) is 0 Å². The maximum Gasteiger partial charge on any atom is 0.222 e. The van der Waals surface area contributed by atoms with E-state index in [-0.39, 0.29) is 18.9 Å². The summed E-state index contributed by atoms with van der Waals surface area (Å²) in [7, 11) is 0. The Balaban J connectivity index is 3.47. The van der Waals surface area contributed by atoms with Crippen LogP contribution >= 0.6 is 0 Å². The average Bonchev–Trinajstić information content (AvgIpc) is 3.39.